The number of hydrogen-bond acceptors (Lipinski definition) is 2. The molecule has 0 amide bonds. The van der Waals surface area contributed by atoms with Crippen LogP contribution in [0.4, 0.5) is 0 Å². The van der Waals surface area contributed by atoms with Gasteiger partial charge in [0.25, 0.3) is 0 Å². The summed E-state index contributed by atoms with van der Waals surface area (Å²) in [7, 11) is 0. The zero-order valence-electron chi connectivity index (χ0n) is 10.5. The lowest BCUT2D eigenvalue weighted by Gasteiger charge is -2.23. The molecule has 96 valence electrons. The van der Waals surface area contributed by atoms with Crippen molar-refractivity contribution in [1.82, 2.24) is 5.32 Å². The molecule has 17 heavy (non-hydrogen) atoms. The molecule has 1 nitrogen and oxygen atoms in total. The van der Waals surface area contributed by atoms with Gasteiger partial charge in [-0.1, -0.05) is 44.2 Å². The summed E-state index contributed by atoms with van der Waals surface area (Å²) in [6.45, 7) is 4.43. The maximum atomic E-state index is 6.01. The smallest absolute Gasteiger partial charge is 0.0931 e. The molecule has 0 saturated heterocycles. The predicted molar refractivity (Wildman–Crippen MR) is 77.0 cm³/mol. The Balaban J connectivity index is 1.94. The number of rotatable bonds is 6. The van der Waals surface area contributed by atoms with Crippen molar-refractivity contribution in [2.75, 3.05) is 13.1 Å². The van der Waals surface area contributed by atoms with Gasteiger partial charge in [-0.25, -0.2) is 0 Å². The van der Waals surface area contributed by atoms with E-state index >= 15 is 0 Å². The Labute approximate surface area is 114 Å². The average Bonchev–Trinajstić information content (AvgIpc) is 2.95. The molecule has 1 fully saturated rings. The largest absolute Gasteiger partial charge is 0.317 e. The van der Waals surface area contributed by atoms with Crippen molar-refractivity contribution in [3.8, 4) is 0 Å². The Kier molecular flexibility index (Phi) is 5.33. The summed E-state index contributed by atoms with van der Waals surface area (Å²) in [5.74, 6) is 1.72. The van der Waals surface area contributed by atoms with Gasteiger partial charge < -0.3 is 5.32 Å². The van der Waals surface area contributed by atoms with Crippen LogP contribution in [0.1, 0.15) is 37.5 Å². The lowest BCUT2D eigenvalue weighted by molar-refractivity contribution is 0.325. The minimum atomic E-state index is 0.798. The second-order valence-corrected chi connectivity index (χ2v) is 6.82. The van der Waals surface area contributed by atoms with Gasteiger partial charge >= 0.3 is 0 Å². The van der Waals surface area contributed by atoms with E-state index in [1.54, 1.807) is 11.3 Å². The van der Waals surface area contributed by atoms with E-state index in [1.807, 2.05) is 6.07 Å². The third kappa shape index (κ3) is 3.97. The van der Waals surface area contributed by atoms with E-state index in [1.165, 1.54) is 37.0 Å². The number of hydrogen-bond donors (Lipinski definition) is 1. The highest BCUT2D eigenvalue weighted by Crippen LogP contribution is 2.34. The van der Waals surface area contributed by atoms with Gasteiger partial charge in [0.1, 0.15) is 0 Å². The minimum Gasteiger partial charge on any atom is -0.317 e. The summed E-state index contributed by atoms with van der Waals surface area (Å²) in [6.07, 6.45) is 6.91. The third-order valence-electron chi connectivity index (χ3n) is 3.82. The van der Waals surface area contributed by atoms with Gasteiger partial charge in [0.2, 0.25) is 0 Å². The maximum absolute atomic E-state index is 6.01. The molecule has 0 bridgehead atoms. The molecular weight excluding hydrogens is 250 g/mol. The lowest BCUT2D eigenvalue weighted by atomic mass is 9.87. The highest BCUT2D eigenvalue weighted by Gasteiger charge is 2.25. The van der Waals surface area contributed by atoms with E-state index in [0.29, 0.717) is 0 Å². The normalized spacial score (nSPS) is 18.7. The van der Waals surface area contributed by atoms with Gasteiger partial charge in [0.15, 0.2) is 0 Å². The molecule has 1 saturated carbocycles. The Hall–Kier alpha value is -0.0500. The van der Waals surface area contributed by atoms with Crippen LogP contribution in [0, 0.1) is 11.8 Å². The van der Waals surface area contributed by atoms with Crippen molar-refractivity contribution in [2.24, 2.45) is 11.8 Å². The van der Waals surface area contributed by atoms with Crippen molar-refractivity contribution >= 4 is 22.9 Å². The van der Waals surface area contributed by atoms with Gasteiger partial charge in [-0.3, -0.25) is 0 Å². The highest BCUT2D eigenvalue weighted by atomic mass is 35.5. The molecule has 1 aromatic rings. The summed E-state index contributed by atoms with van der Waals surface area (Å²) in [5.41, 5.74) is 0. The second-order valence-electron chi connectivity index (χ2n) is 5.02. The molecule has 1 atom stereocenters. The van der Waals surface area contributed by atoms with E-state index in [-0.39, 0.29) is 0 Å². The highest BCUT2D eigenvalue weighted by molar-refractivity contribution is 7.16. The lowest BCUT2D eigenvalue weighted by Crippen LogP contribution is -2.28. The summed E-state index contributed by atoms with van der Waals surface area (Å²) < 4.78 is 0.925. The van der Waals surface area contributed by atoms with E-state index in [4.69, 9.17) is 11.6 Å². The maximum Gasteiger partial charge on any atom is 0.0931 e. The van der Waals surface area contributed by atoms with Crippen LogP contribution in [0.2, 0.25) is 4.34 Å². The molecule has 1 unspecified atom stereocenters. The first-order valence-electron chi connectivity index (χ1n) is 6.74. The number of halogens is 1. The molecule has 1 heterocycles. The van der Waals surface area contributed by atoms with Crippen LogP contribution in [0.25, 0.3) is 0 Å². The first-order chi connectivity index (χ1) is 8.29. The molecule has 0 aromatic carbocycles. The van der Waals surface area contributed by atoms with Crippen LogP contribution >= 0.6 is 22.9 Å². The van der Waals surface area contributed by atoms with E-state index < -0.39 is 0 Å². The van der Waals surface area contributed by atoms with Crippen molar-refractivity contribution < 1.29 is 0 Å². The topological polar surface area (TPSA) is 12.0 Å². The van der Waals surface area contributed by atoms with Crippen molar-refractivity contribution in [2.45, 2.75) is 39.0 Å². The Morgan fingerprint density at radius 1 is 1.41 bits per heavy atom. The summed E-state index contributed by atoms with van der Waals surface area (Å²) >= 11 is 7.76. The van der Waals surface area contributed by atoms with Crippen LogP contribution in [-0.4, -0.2) is 13.1 Å². The van der Waals surface area contributed by atoms with E-state index in [0.717, 1.165) is 29.3 Å². The summed E-state index contributed by atoms with van der Waals surface area (Å²) in [5, 5.41) is 3.52. The summed E-state index contributed by atoms with van der Waals surface area (Å²) in [4.78, 5) is 1.45. The first kappa shape index (κ1) is 13.4. The van der Waals surface area contributed by atoms with Gasteiger partial charge in [-0.15, -0.1) is 11.3 Å². The minimum absolute atomic E-state index is 0.798. The zero-order valence-corrected chi connectivity index (χ0v) is 12.1. The Morgan fingerprint density at radius 2 is 2.18 bits per heavy atom. The number of nitrogens with one attached hydrogen (secondary N) is 1. The van der Waals surface area contributed by atoms with Gasteiger partial charge in [-0.2, -0.15) is 0 Å². The van der Waals surface area contributed by atoms with Crippen molar-refractivity contribution in [3.05, 3.63) is 21.3 Å². The molecule has 1 N–H and O–H groups in total. The van der Waals surface area contributed by atoms with Crippen LogP contribution in [0.15, 0.2) is 12.1 Å². The van der Waals surface area contributed by atoms with Gasteiger partial charge in [0, 0.05) is 4.88 Å². The molecule has 1 aliphatic carbocycles. The molecule has 0 radical (unpaired) electrons. The van der Waals surface area contributed by atoms with Crippen molar-refractivity contribution in [3.63, 3.8) is 0 Å². The predicted octanol–water partition coefficient (Wildman–Crippen LogP) is 4.36. The van der Waals surface area contributed by atoms with Crippen LogP contribution in [0.3, 0.4) is 0 Å². The molecule has 2 rings (SSSR count). The molecule has 3 heteroatoms. The van der Waals surface area contributed by atoms with Gasteiger partial charge in [0.05, 0.1) is 4.34 Å². The average molecular weight is 272 g/mol. The molecule has 0 spiro atoms. The third-order valence-corrected chi connectivity index (χ3v) is 5.07. The Morgan fingerprint density at radius 3 is 2.76 bits per heavy atom. The standard InChI is InChI=1S/C14H22ClNS/c1-2-16-10-12(11-5-3-4-6-11)9-13-7-8-14(15)17-13/h7-8,11-12,16H,2-6,9-10H2,1H3. The monoisotopic (exact) mass is 271 g/mol. The fourth-order valence-corrected chi connectivity index (χ4v) is 4.06. The van der Waals surface area contributed by atoms with Crippen molar-refractivity contribution in [1.29, 1.82) is 0 Å². The quantitative estimate of drug-likeness (QED) is 0.811. The number of thiophene rings is 1. The van der Waals surface area contributed by atoms with Crippen LogP contribution in [-0.2, 0) is 6.42 Å². The van der Waals surface area contributed by atoms with E-state index in [2.05, 4.69) is 18.3 Å². The Bertz CT molecular complexity index is 331. The molecular formula is C14H22ClNS. The fourth-order valence-electron chi connectivity index (χ4n) is 2.88. The second kappa shape index (κ2) is 6.77. The summed E-state index contributed by atoms with van der Waals surface area (Å²) in [6, 6.07) is 4.22. The zero-order chi connectivity index (χ0) is 12.1. The fraction of sp³-hybridized carbons (Fsp3) is 0.714. The van der Waals surface area contributed by atoms with Crippen LogP contribution in [0.5, 0.6) is 0 Å². The first-order valence-corrected chi connectivity index (χ1v) is 7.94. The SMILES string of the molecule is CCNCC(Cc1ccc(Cl)s1)C1CCCC1. The molecule has 1 aromatic heterocycles. The molecule has 1 aliphatic rings. The molecule has 0 aliphatic heterocycles. The van der Waals surface area contributed by atoms with Gasteiger partial charge in [-0.05, 0) is 43.5 Å². The van der Waals surface area contributed by atoms with Crippen LogP contribution < -0.4 is 5.32 Å². The van der Waals surface area contributed by atoms with E-state index in [9.17, 15) is 0 Å².